The van der Waals surface area contributed by atoms with Crippen LogP contribution in [0.5, 0.6) is 0 Å². The van der Waals surface area contributed by atoms with Crippen molar-refractivity contribution in [3.63, 3.8) is 0 Å². The summed E-state index contributed by atoms with van der Waals surface area (Å²) >= 11 is 0. The molecule has 0 aliphatic carbocycles. The van der Waals surface area contributed by atoms with Crippen LogP contribution < -0.4 is 10.9 Å². The van der Waals surface area contributed by atoms with Crippen molar-refractivity contribution >= 4 is 5.91 Å². The number of benzene rings is 1. The summed E-state index contributed by atoms with van der Waals surface area (Å²) in [4.78, 5) is 14.6. The molecule has 0 bridgehead atoms. The van der Waals surface area contributed by atoms with Gasteiger partial charge in [0.2, 0.25) is 5.91 Å². The van der Waals surface area contributed by atoms with Crippen molar-refractivity contribution in [3.8, 4) is 5.69 Å². The number of hydrogen-bond acceptors (Lipinski definition) is 7. The van der Waals surface area contributed by atoms with Gasteiger partial charge in [-0.1, -0.05) is 12.1 Å². The SMILES string of the molecule is CN(Cc1cccc(-n2cccn2)c1)C(=O)C1CNNC1n1cnnn1. The van der Waals surface area contributed by atoms with Gasteiger partial charge in [-0.2, -0.15) is 5.10 Å². The maximum Gasteiger partial charge on any atom is 0.230 e. The number of carbonyl (C=O) groups excluding carboxylic acids is 1. The zero-order valence-corrected chi connectivity index (χ0v) is 14.2. The summed E-state index contributed by atoms with van der Waals surface area (Å²) in [5.41, 5.74) is 8.06. The Balaban J connectivity index is 1.47. The quantitative estimate of drug-likeness (QED) is 0.651. The molecule has 1 fully saturated rings. The van der Waals surface area contributed by atoms with Crippen LogP contribution >= 0.6 is 0 Å². The van der Waals surface area contributed by atoms with Gasteiger partial charge in [-0.05, 0) is 34.2 Å². The summed E-state index contributed by atoms with van der Waals surface area (Å²) in [6.45, 7) is 1.02. The molecule has 10 nitrogen and oxygen atoms in total. The van der Waals surface area contributed by atoms with E-state index >= 15 is 0 Å². The van der Waals surface area contributed by atoms with Gasteiger partial charge < -0.3 is 4.90 Å². The number of tetrazole rings is 1. The van der Waals surface area contributed by atoms with Gasteiger partial charge >= 0.3 is 0 Å². The van der Waals surface area contributed by atoms with Gasteiger partial charge in [0.25, 0.3) is 0 Å². The van der Waals surface area contributed by atoms with Crippen molar-refractivity contribution in [2.75, 3.05) is 13.6 Å². The predicted octanol–water partition coefficient (Wildman–Crippen LogP) is -0.260. The Morgan fingerprint density at radius 3 is 3.08 bits per heavy atom. The molecule has 1 aliphatic heterocycles. The Morgan fingerprint density at radius 1 is 1.38 bits per heavy atom. The minimum Gasteiger partial charge on any atom is -0.341 e. The van der Waals surface area contributed by atoms with Crippen LogP contribution in [0.15, 0.2) is 49.1 Å². The highest BCUT2D eigenvalue weighted by molar-refractivity contribution is 5.79. The molecule has 2 unspecified atom stereocenters. The zero-order valence-electron chi connectivity index (χ0n) is 14.2. The Labute approximate surface area is 149 Å². The van der Waals surface area contributed by atoms with E-state index in [-0.39, 0.29) is 18.0 Å². The van der Waals surface area contributed by atoms with E-state index in [1.54, 1.807) is 27.5 Å². The van der Waals surface area contributed by atoms with Gasteiger partial charge in [0.15, 0.2) is 0 Å². The average molecular weight is 353 g/mol. The fourth-order valence-corrected chi connectivity index (χ4v) is 3.11. The number of nitrogens with one attached hydrogen (secondary N) is 2. The highest BCUT2D eigenvalue weighted by atomic mass is 16.2. The van der Waals surface area contributed by atoms with Gasteiger partial charge in [-0.25, -0.2) is 14.8 Å². The molecule has 1 aromatic carbocycles. The van der Waals surface area contributed by atoms with Gasteiger partial charge in [0, 0.05) is 32.5 Å². The van der Waals surface area contributed by atoms with Crippen LogP contribution in [0.3, 0.4) is 0 Å². The number of aromatic nitrogens is 6. The third-order valence-electron chi connectivity index (χ3n) is 4.40. The lowest BCUT2D eigenvalue weighted by Gasteiger charge is -2.24. The van der Waals surface area contributed by atoms with Crippen LogP contribution in [0.2, 0.25) is 0 Å². The van der Waals surface area contributed by atoms with E-state index in [2.05, 4.69) is 31.5 Å². The first-order chi connectivity index (χ1) is 12.7. The van der Waals surface area contributed by atoms with Crippen molar-refractivity contribution in [2.24, 2.45) is 5.92 Å². The summed E-state index contributed by atoms with van der Waals surface area (Å²) in [6, 6.07) is 9.85. The fourth-order valence-electron chi connectivity index (χ4n) is 3.11. The van der Waals surface area contributed by atoms with E-state index in [4.69, 9.17) is 0 Å². The second kappa shape index (κ2) is 7.02. The second-order valence-corrected chi connectivity index (χ2v) is 6.18. The zero-order chi connectivity index (χ0) is 17.9. The second-order valence-electron chi connectivity index (χ2n) is 6.18. The first kappa shape index (κ1) is 16.4. The number of carbonyl (C=O) groups is 1. The van der Waals surface area contributed by atoms with Crippen LogP contribution in [-0.4, -0.2) is 54.4 Å². The summed E-state index contributed by atoms with van der Waals surface area (Å²) in [5.74, 6) is -0.273. The van der Waals surface area contributed by atoms with Gasteiger partial charge in [-0.15, -0.1) is 5.10 Å². The van der Waals surface area contributed by atoms with Crippen molar-refractivity contribution in [3.05, 3.63) is 54.6 Å². The minimum absolute atomic E-state index is 0.0208. The van der Waals surface area contributed by atoms with Gasteiger partial charge in [0.1, 0.15) is 12.5 Å². The monoisotopic (exact) mass is 353 g/mol. The van der Waals surface area contributed by atoms with E-state index < -0.39 is 0 Å². The molecule has 1 aliphatic rings. The fraction of sp³-hybridized carbons (Fsp3) is 0.312. The smallest absolute Gasteiger partial charge is 0.230 e. The van der Waals surface area contributed by atoms with E-state index in [9.17, 15) is 4.79 Å². The molecule has 2 atom stereocenters. The average Bonchev–Trinajstić information content (AvgIpc) is 3.43. The highest BCUT2D eigenvalue weighted by Crippen LogP contribution is 2.20. The predicted molar refractivity (Wildman–Crippen MR) is 91.5 cm³/mol. The molecule has 26 heavy (non-hydrogen) atoms. The molecule has 4 rings (SSSR count). The van der Waals surface area contributed by atoms with Crippen LogP contribution in [0.25, 0.3) is 5.69 Å². The molecule has 2 N–H and O–H groups in total. The highest BCUT2D eigenvalue weighted by Gasteiger charge is 2.36. The summed E-state index contributed by atoms with van der Waals surface area (Å²) in [5, 5.41) is 15.4. The lowest BCUT2D eigenvalue weighted by molar-refractivity contribution is -0.135. The Bertz CT molecular complexity index is 862. The molecule has 3 heterocycles. The summed E-state index contributed by atoms with van der Waals surface area (Å²) < 4.78 is 3.35. The standard InChI is InChI=1S/C16H19N9O/c1-23(10-12-4-2-5-13(8-12)24-7-3-6-19-24)16(26)14-9-17-20-15(14)25-11-18-21-22-25/h2-8,11,14-15,17,20H,9-10H2,1H3. The Kier molecular flexibility index (Phi) is 4.42. The van der Waals surface area contributed by atoms with Gasteiger partial charge in [0.05, 0.1) is 11.6 Å². The molecule has 2 aromatic heterocycles. The maximum absolute atomic E-state index is 12.9. The van der Waals surface area contributed by atoms with Crippen LogP contribution in [-0.2, 0) is 11.3 Å². The molecular weight excluding hydrogens is 334 g/mol. The molecule has 1 amide bonds. The summed E-state index contributed by atoms with van der Waals surface area (Å²) in [6.07, 6.45) is 4.82. The topological polar surface area (TPSA) is 106 Å². The lowest BCUT2D eigenvalue weighted by Crippen LogP contribution is -2.38. The number of nitrogens with zero attached hydrogens (tertiary/aromatic N) is 7. The number of amides is 1. The van der Waals surface area contributed by atoms with Crippen LogP contribution in [0.4, 0.5) is 0 Å². The molecule has 134 valence electrons. The number of hydrogen-bond donors (Lipinski definition) is 2. The van der Waals surface area contributed by atoms with Crippen LogP contribution in [0.1, 0.15) is 11.7 Å². The lowest BCUT2D eigenvalue weighted by atomic mass is 10.1. The Morgan fingerprint density at radius 2 is 2.31 bits per heavy atom. The number of rotatable bonds is 5. The molecule has 0 saturated carbocycles. The van der Waals surface area contributed by atoms with E-state index in [1.165, 1.54) is 6.33 Å². The van der Waals surface area contributed by atoms with Crippen molar-refractivity contribution in [2.45, 2.75) is 12.7 Å². The first-order valence-electron chi connectivity index (χ1n) is 8.27. The minimum atomic E-state index is -0.310. The van der Waals surface area contributed by atoms with Crippen LogP contribution in [0, 0.1) is 5.92 Å². The van der Waals surface area contributed by atoms with Gasteiger partial charge in [-0.3, -0.25) is 10.2 Å². The third-order valence-corrected chi connectivity index (χ3v) is 4.40. The van der Waals surface area contributed by atoms with Crippen molar-refractivity contribution < 1.29 is 4.79 Å². The largest absolute Gasteiger partial charge is 0.341 e. The van der Waals surface area contributed by atoms with E-state index in [0.29, 0.717) is 13.1 Å². The summed E-state index contributed by atoms with van der Waals surface area (Å²) in [7, 11) is 1.80. The molecule has 1 saturated heterocycles. The molecular formula is C16H19N9O. The van der Waals surface area contributed by atoms with Crippen molar-refractivity contribution in [1.29, 1.82) is 0 Å². The Hall–Kier alpha value is -3.11. The normalized spacial score (nSPS) is 19.6. The van der Waals surface area contributed by atoms with E-state index in [1.807, 2.05) is 36.5 Å². The molecule has 10 heteroatoms. The third kappa shape index (κ3) is 3.19. The van der Waals surface area contributed by atoms with Crippen molar-refractivity contribution in [1.82, 2.24) is 45.7 Å². The maximum atomic E-state index is 12.9. The molecule has 3 aromatic rings. The first-order valence-corrected chi connectivity index (χ1v) is 8.27. The molecule has 0 spiro atoms. The van der Waals surface area contributed by atoms with E-state index in [0.717, 1.165) is 11.3 Å². The number of hydrazine groups is 1. The molecule has 0 radical (unpaired) electrons.